The van der Waals surface area contributed by atoms with Crippen molar-refractivity contribution in [2.75, 3.05) is 13.2 Å². The summed E-state index contributed by atoms with van der Waals surface area (Å²) in [6.07, 6.45) is 0.850. The summed E-state index contributed by atoms with van der Waals surface area (Å²) >= 11 is 0. The quantitative estimate of drug-likeness (QED) is 0.832. The minimum atomic E-state index is -1.00. The van der Waals surface area contributed by atoms with Gasteiger partial charge in [-0.3, -0.25) is 4.79 Å². The van der Waals surface area contributed by atoms with E-state index in [0.29, 0.717) is 30.3 Å². The summed E-state index contributed by atoms with van der Waals surface area (Å²) in [6, 6.07) is 11.9. The van der Waals surface area contributed by atoms with Crippen LogP contribution >= 0.6 is 0 Å². The molecule has 136 valence electrons. The molecule has 2 aromatic rings. The maximum atomic E-state index is 12.4. The molecule has 3 rings (SSSR count). The molecule has 1 atom stereocenters. The van der Waals surface area contributed by atoms with Gasteiger partial charge in [-0.25, -0.2) is 4.79 Å². The van der Waals surface area contributed by atoms with E-state index in [-0.39, 0.29) is 23.9 Å². The molecule has 0 bridgehead atoms. The Bertz CT molecular complexity index is 818. The number of carboxylic acid groups (broad SMARTS) is 1. The number of hydrogen-bond acceptors (Lipinski definition) is 4. The van der Waals surface area contributed by atoms with E-state index in [0.717, 1.165) is 12.0 Å². The molecule has 1 unspecified atom stereocenters. The van der Waals surface area contributed by atoms with Gasteiger partial charge in [0.05, 0.1) is 18.0 Å². The number of carboxylic acids is 1. The summed E-state index contributed by atoms with van der Waals surface area (Å²) in [5.74, 6) is 0.242. The SMILES string of the molecule is CCC(NC(=O)Cc1cccc(C(=O)O)c1)c1ccc2c(c1)OCCO2. The number of amides is 1. The molecule has 2 N–H and O–H groups in total. The Morgan fingerprint density at radius 3 is 2.62 bits per heavy atom. The zero-order valence-corrected chi connectivity index (χ0v) is 14.5. The third-order valence-electron chi connectivity index (χ3n) is 4.25. The number of nitrogens with one attached hydrogen (secondary N) is 1. The summed E-state index contributed by atoms with van der Waals surface area (Å²) in [5, 5.41) is 12.1. The molecule has 0 saturated heterocycles. The lowest BCUT2D eigenvalue weighted by molar-refractivity contribution is -0.121. The van der Waals surface area contributed by atoms with Crippen LogP contribution in [0.15, 0.2) is 42.5 Å². The van der Waals surface area contributed by atoms with Crippen molar-refractivity contribution in [3.8, 4) is 11.5 Å². The molecular weight excluding hydrogens is 334 g/mol. The van der Waals surface area contributed by atoms with Gasteiger partial charge in [-0.05, 0) is 41.8 Å². The molecule has 0 aliphatic carbocycles. The third-order valence-corrected chi connectivity index (χ3v) is 4.25. The molecule has 1 aliphatic rings. The first kappa shape index (κ1) is 17.8. The van der Waals surface area contributed by atoms with E-state index in [1.165, 1.54) is 12.1 Å². The molecule has 6 heteroatoms. The highest BCUT2D eigenvalue weighted by molar-refractivity contribution is 5.88. The second kappa shape index (κ2) is 7.91. The Kier molecular flexibility index (Phi) is 5.41. The van der Waals surface area contributed by atoms with Crippen molar-refractivity contribution in [1.82, 2.24) is 5.32 Å². The number of carbonyl (C=O) groups excluding carboxylic acids is 1. The Morgan fingerprint density at radius 2 is 1.88 bits per heavy atom. The average Bonchev–Trinajstić information content (AvgIpc) is 2.66. The predicted molar refractivity (Wildman–Crippen MR) is 95.7 cm³/mol. The van der Waals surface area contributed by atoms with Crippen molar-refractivity contribution in [3.05, 3.63) is 59.2 Å². The fourth-order valence-electron chi connectivity index (χ4n) is 2.94. The van der Waals surface area contributed by atoms with Crippen LogP contribution in [-0.2, 0) is 11.2 Å². The number of carbonyl (C=O) groups is 2. The Hall–Kier alpha value is -3.02. The van der Waals surface area contributed by atoms with Gasteiger partial charge in [0.2, 0.25) is 5.91 Å². The standard InChI is InChI=1S/C20H21NO5/c1-2-16(14-6-7-17-18(12-14)26-9-8-25-17)21-19(22)11-13-4-3-5-15(10-13)20(23)24/h3-7,10,12,16H,2,8-9,11H2,1H3,(H,21,22)(H,23,24). The summed E-state index contributed by atoms with van der Waals surface area (Å²) in [6.45, 7) is 3.04. The molecule has 0 spiro atoms. The highest BCUT2D eigenvalue weighted by Gasteiger charge is 2.18. The first-order valence-corrected chi connectivity index (χ1v) is 8.58. The molecular formula is C20H21NO5. The maximum Gasteiger partial charge on any atom is 0.335 e. The Morgan fingerprint density at radius 1 is 1.12 bits per heavy atom. The lowest BCUT2D eigenvalue weighted by Crippen LogP contribution is -2.29. The van der Waals surface area contributed by atoms with E-state index in [2.05, 4.69) is 5.32 Å². The first-order chi connectivity index (χ1) is 12.6. The minimum absolute atomic E-state index is 0.127. The van der Waals surface area contributed by atoms with Crippen LogP contribution in [-0.4, -0.2) is 30.2 Å². The highest BCUT2D eigenvalue weighted by Crippen LogP contribution is 2.33. The molecule has 0 fully saturated rings. The van der Waals surface area contributed by atoms with Gasteiger partial charge in [0.25, 0.3) is 0 Å². The summed E-state index contributed by atoms with van der Waals surface area (Å²) in [4.78, 5) is 23.5. The van der Waals surface area contributed by atoms with Crippen LogP contribution in [0, 0.1) is 0 Å². The fourth-order valence-corrected chi connectivity index (χ4v) is 2.94. The monoisotopic (exact) mass is 355 g/mol. The summed E-state index contributed by atoms with van der Waals surface area (Å²) in [7, 11) is 0. The van der Waals surface area contributed by atoms with E-state index in [4.69, 9.17) is 14.6 Å². The van der Waals surface area contributed by atoms with Crippen molar-refractivity contribution in [2.24, 2.45) is 0 Å². The molecule has 1 heterocycles. The largest absolute Gasteiger partial charge is 0.486 e. The minimum Gasteiger partial charge on any atom is -0.486 e. The Labute approximate surface area is 151 Å². The van der Waals surface area contributed by atoms with Crippen molar-refractivity contribution in [1.29, 1.82) is 0 Å². The zero-order chi connectivity index (χ0) is 18.5. The van der Waals surface area contributed by atoms with Gasteiger partial charge in [0, 0.05) is 0 Å². The van der Waals surface area contributed by atoms with Crippen LogP contribution in [0.3, 0.4) is 0 Å². The highest BCUT2D eigenvalue weighted by atomic mass is 16.6. The van der Waals surface area contributed by atoms with Gasteiger partial charge >= 0.3 is 5.97 Å². The lowest BCUT2D eigenvalue weighted by atomic mass is 10.0. The van der Waals surface area contributed by atoms with Crippen molar-refractivity contribution in [3.63, 3.8) is 0 Å². The zero-order valence-electron chi connectivity index (χ0n) is 14.5. The normalized spacial score (nSPS) is 13.7. The van der Waals surface area contributed by atoms with Crippen LogP contribution in [0.5, 0.6) is 11.5 Å². The molecule has 0 saturated carbocycles. The second-order valence-corrected chi connectivity index (χ2v) is 6.11. The number of aromatic carboxylic acids is 1. The van der Waals surface area contributed by atoms with E-state index in [9.17, 15) is 9.59 Å². The van der Waals surface area contributed by atoms with E-state index < -0.39 is 5.97 Å². The molecule has 0 aromatic heterocycles. The molecule has 1 amide bonds. The van der Waals surface area contributed by atoms with Crippen molar-refractivity contribution >= 4 is 11.9 Å². The molecule has 0 radical (unpaired) electrons. The van der Waals surface area contributed by atoms with Gasteiger partial charge < -0.3 is 19.9 Å². The van der Waals surface area contributed by atoms with E-state index in [1.54, 1.807) is 12.1 Å². The number of rotatable bonds is 6. The number of fused-ring (bicyclic) bond motifs is 1. The summed E-state index contributed by atoms with van der Waals surface area (Å²) in [5.41, 5.74) is 1.79. The van der Waals surface area contributed by atoms with Gasteiger partial charge in [-0.2, -0.15) is 0 Å². The van der Waals surface area contributed by atoms with Crippen LogP contribution in [0.2, 0.25) is 0 Å². The number of hydrogen-bond donors (Lipinski definition) is 2. The molecule has 1 aliphatic heterocycles. The number of ether oxygens (including phenoxy) is 2. The van der Waals surface area contributed by atoms with Crippen LogP contribution in [0.4, 0.5) is 0 Å². The van der Waals surface area contributed by atoms with Crippen LogP contribution < -0.4 is 14.8 Å². The van der Waals surface area contributed by atoms with Gasteiger partial charge in [-0.1, -0.05) is 25.1 Å². The van der Waals surface area contributed by atoms with Gasteiger partial charge in [-0.15, -0.1) is 0 Å². The van der Waals surface area contributed by atoms with E-state index in [1.807, 2.05) is 25.1 Å². The molecule has 6 nitrogen and oxygen atoms in total. The maximum absolute atomic E-state index is 12.4. The van der Waals surface area contributed by atoms with Gasteiger partial charge in [0.15, 0.2) is 11.5 Å². The first-order valence-electron chi connectivity index (χ1n) is 8.58. The van der Waals surface area contributed by atoms with Crippen molar-refractivity contribution < 1.29 is 24.2 Å². The van der Waals surface area contributed by atoms with Crippen LogP contribution in [0.1, 0.15) is 40.9 Å². The third kappa shape index (κ3) is 4.14. The van der Waals surface area contributed by atoms with Crippen molar-refractivity contribution in [2.45, 2.75) is 25.8 Å². The second-order valence-electron chi connectivity index (χ2n) is 6.11. The van der Waals surface area contributed by atoms with Gasteiger partial charge in [0.1, 0.15) is 13.2 Å². The van der Waals surface area contributed by atoms with E-state index >= 15 is 0 Å². The fraction of sp³-hybridized carbons (Fsp3) is 0.300. The summed E-state index contributed by atoms with van der Waals surface area (Å²) < 4.78 is 11.1. The smallest absolute Gasteiger partial charge is 0.335 e. The predicted octanol–water partition coefficient (Wildman–Crippen LogP) is 2.97. The Balaban J connectivity index is 1.69. The topological polar surface area (TPSA) is 84.9 Å². The van der Waals surface area contributed by atoms with Crippen LogP contribution in [0.25, 0.3) is 0 Å². The molecule has 2 aromatic carbocycles. The number of benzene rings is 2. The molecule has 26 heavy (non-hydrogen) atoms. The average molecular weight is 355 g/mol. The lowest BCUT2D eigenvalue weighted by Gasteiger charge is -2.22.